The van der Waals surface area contributed by atoms with Gasteiger partial charge in [0.1, 0.15) is 17.2 Å². The number of benzene rings is 1. The van der Waals surface area contributed by atoms with E-state index in [1.54, 1.807) is 6.07 Å². The quantitative estimate of drug-likeness (QED) is 0.772. The first-order valence-electron chi connectivity index (χ1n) is 7.23. The van der Waals surface area contributed by atoms with E-state index < -0.39 is 0 Å². The van der Waals surface area contributed by atoms with Gasteiger partial charge in [-0.1, -0.05) is 19.9 Å². The summed E-state index contributed by atoms with van der Waals surface area (Å²) in [6.45, 7) is 4.58. The first-order valence-corrected chi connectivity index (χ1v) is 7.23. The molecule has 2 N–H and O–H groups in total. The lowest BCUT2D eigenvalue weighted by Gasteiger charge is -2.47. The highest BCUT2D eigenvalue weighted by atomic mass is 19.1. The van der Waals surface area contributed by atoms with Gasteiger partial charge in [-0.2, -0.15) is 0 Å². The van der Waals surface area contributed by atoms with Crippen molar-refractivity contribution in [3.8, 4) is 5.75 Å². The van der Waals surface area contributed by atoms with Gasteiger partial charge >= 0.3 is 0 Å². The van der Waals surface area contributed by atoms with E-state index in [0.29, 0.717) is 11.7 Å². The van der Waals surface area contributed by atoms with Gasteiger partial charge in [-0.3, -0.25) is 0 Å². The summed E-state index contributed by atoms with van der Waals surface area (Å²) in [5.41, 5.74) is 7.05. The average Bonchev–Trinajstić information content (AvgIpc) is 2.34. The summed E-state index contributed by atoms with van der Waals surface area (Å²) < 4.78 is 19.6. The van der Waals surface area contributed by atoms with Crippen LogP contribution in [0, 0.1) is 17.7 Å². The van der Waals surface area contributed by atoms with E-state index in [9.17, 15) is 4.39 Å². The van der Waals surface area contributed by atoms with Gasteiger partial charge in [0.2, 0.25) is 0 Å². The number of rotatable bonds is 0. The molecule has 2 aliphatic rings. The minimum atomic E-state index is -0.250. The third kappa shape index (κ3) is 2.25. The van der Waals surface area contributed by atoms with Crippen LogP contribution < -0.4 is 10.5 Å². The molecule has 0 amide bonds. The van der Waals surface area contributed by atoms with E-state index >= 15 is 0 Å². The van der Waals surface area contributed by atoms with E-state index in [-0.39, 0.29) is 17.5 Å². The molecule has 4 atom stereocenters. The second-order valence-electron chi connectivity index (χ2n) is 6.48. The van der Waals surface area contributed by atoms with Crippen molar-refractivity contribution >= 4 is 0 Å². The minimum absolute atomic E-state index is 0.0371. The van der Waals surface area contributed by atoms with Gasteiger partial charge in [0.05, 0.1) is 0 Å². The fraction of sp³-hybridized carbons (Fsp3) is 0.625. The third-order valence-corrected chi connectivity index (χ3v) is 5.01. The molecule has 0 radical (unpaired) electrons. The summed E-state index contributed by atoms with van der Waals surface area (Å²) in [5.74, 6) is 1.77. The Kier molecular flexibility index (Phi) is 3.05. The second-order valence-corrected chi connectivity index (χ2v) is 6.48. The van der Waals surface area contributed by atoms with Gasteiger partial charge in [-0.25, -0.2) is 4.39 Å². The third-order valence-electron chi connectivity index (χ3n) is 5.01. The van der Waals surface area contributed by atoms with E-state index in [0.717, 1.165) is 30.7 Å². The maximum Gasteiger partial charge on any atom is 0.127 e. The summed E-state index contributed by atoms with van der Waals surface area (Å²) in [4.78, 5) is 0. The first-order chi connectivity index (χ1) is 8.99. The molecule has 1 aromatic carbocycles. The van der Waals surface area contributed by atoms with E-state index in [4.69, 9.17) is 10.5 Å². The Balaban J connectivity index is 1.91. The molecule has 3 heteroatoms. The van der Waals surface area contributed by atoms with Crippen molar-refractivity contribution in [3.63, 3.8) is 0 Å². The molecule has 1 aromatic rings. The van der Waals surface area contributed by atoms with Crippen LogP contribution in [0.15, 0.2) is 18.2 Å². The molecule has 3 unspecified atom stereocenters. The molecule has 1 spiro atoms. The average molecular weight is 263 g/mol. The normalized spacial score (nSPS) is 37.8. The summed E-state index contributed by atoms with van der Waals surface area (Å²) in [6, 6.07) is 4.67. The van der Waals surface area contributed by atoms with Crippen LogP contribution in [0.1, 0.15) is 51.1 Å². The summed E-state index contributed by atoms with van der Waals surface area (Å²) in [6.07, 6.45) is 4.07. The fourth-order valence-electron chi connectivity index (χ4n) is 3.63. The highest BCUT2D eigenvalue weighted by Crippen LogP contribution is 2.48. The molecule has 1 heterocycles. The summed E-state index contributed by atoms with van der Waals surface area (Å²) in [7, 11) is 0. The molecule has 0 saturated heterocycles. The summed E-state index contributed by atoms with van der Waals surface area (Å²) >= 11 is 0. The van der Waals surface area contributed by atoms with Crippen molar-refractivity contribution in [2.45, 2.75) is 51.2 Å². The van der Waals surface area contributed by atoms with E-state index in [1.807, 2.05) is 0 Å². The van der Waals surface area contributed by atoms with Gasteiger partial charge in [0.15, 0.2) is 0 Å². The van der Waals surface area contributed by atoms with Crippen LogP contribution in [0.25, 0.3) is 0 Å². The molecule has 104 valence electrons. The Morgan fingerprint density at radius 1 is 1.26 bits per heavy atom. The Bertz CT molecular complexity index is 490. The Morgan fingerprint density at radius 3 is 2.79 bits per heavy atom. The lowest BCUT2D eigenvalue weighted by molar-refractivity contribution is -0.0289. The Labute approximate surface area is 114 Å². The Morgan fingerprint density at radius 2 is 2.05 bits per heavy atom. The van der Waals surface area contributed by atoms with Crippen molar-refractivity contribution in [2.75, 3.05) is 0 Å². The SMILES string of the molecule is CC1CCC2(CC1C)C[C@@H](N)c1ccc(F)cc1O2. The van der Waals surface area contributed by atoms with Gasteiger partial charge < -0.3 is 10.5 Å². The van der Waals surface area contributed by atoms with Crippen molar-refractivity contribution in [2.24, 2.45) is 17.6 Å². The zero-order valence-electron chi connectivity index (χ0n) is 11.7. The zero-order valence-corrected chi connectivity index (χ0v) is 11.7. The highest BCUT2D eigenvalue weighted by molar-refractivity contribution is 5.39. The first kappa shape index (κ1) is 12.9. The molecule has 1 aliphatic heterocycles. The molecule has 19 heavy (non-hydrogen) atoms. The monoisotopic (exact) mass is 263 g/mol. The summed E-state index contributed by atoms with van der Waals surface area (Å²) in [5, 5.41) is 0. The van der Waals surface area contributed by atoms with Crippen LogP contribution in [-0.2, 0) is 0 Å². The minimum Gasteiger partial charge on any atom is -0.487 e. The fourth-order valence-corrected chi connectivity index (χ4v) is 3.63. The van der Waals surface area contributed by atoms with Gasteiger partial charge in [0.25, 0.3) is 0 Å². The maximum absolute atomic E-state index is 13.4. The smallest absolute Gasteiger partial charge is 0.127 e. The molecule has 0 bridgehead atoms. The number of fused-ring (bicyclic) bond motifs is 1. The number of ether oxygens (including phenoxy) is 1. The lowest BCUT2D eigenvalue weighted by atomic mass is 9.69. The molecule has 1 fully saturated rings. The van der Waals surface area contributed by atoms with Crippen LogP contribution in [0.5, 0.6) is 5.75 Å². The molecular formula is C16H22FNO. The maximum atomic E-state index is 13.4. The van der Waals surface area contributed by atoms with Crippen LogP contribution >= 0.6 is 0 Å². The van der Waals surface area contributed by atoms with E-state index in [2.05, 4.69) is 13.8 Å². The van der Waals surface area contributed by atoms with Crippen molar-refractivity contribution in [1.82, 2.24) is 0 Å². The van der Waals surface area contributed by atoms with Gasteiger partial charge in [-0.15, -0.1) is 0 Å². The Hall–Kier alpha value is -1.09. The number of hydrogen-bond acceptors (Lipinski definition) is 2. The predicted octanol–water partition coefficient (Wildman–Crippen LogP) is 3.80. The molecule has 0 aromatic heterocycles. The predicted molar refractivity (Wildman–Crippen MR) is 73.5 cm³/mol. The number of hydrogen-bond donors (Lipinski definition) is 1. The molecule has 1 saturated carbocycles. The number of halogens is 1. The van der Waals surface area contributed by atoms with Crippen molar-refractivity contribution in [1.29, 1.82) is 0 Å². The lowest BCUT2D eigenvalue weighted by Crippen LogP contribution is -2.47. The zero-order chi connectivity index (χ0) is 13.6. The molecule has 2 nitrogen and oxygen atoms in total. The van der Waals surface area contributed by atoms with Crippen LogP contribution in [-0.4, -0.2) is 5.60 Å². The highest BCUT2D eigenvalue weighted by Gasteiger charge is 2.44. The largest absolute Gasteiger partial charge is 0.487 e. The van der Waals surface area contributed by atoms with Crippen molar-refractivity contribution < 1.29 is 9.13 Å². The molecular weight excluding hydrogens is 241 g/mol. The molecule has 1 aliphatic carbocycles. The topological polar surface area (TPSA) is 35.2 Å². The van der Waals surface area contributed by atoms with E-state index in [1.165, 1.54) is 18.6 Å². The number of nitrogens with two attached hydrogens (primary N) is 1. The van der Waals surface area contributed by atoms with Gasteiger partial charge in [-0.05, 0) is 37.2 Å². The van der Waals surface area contributed by atoms with Crippen LogP contribution in [0.2, 0.25) is 0 Å². The van der Waals surface area contributed by atoms with Gasteiger partial charge in [0, 0.05) is 24.1 Å². The van der Waals surface area contributed by atoms with Crippen LogP contribution in [0.4, 0.5) is 4.39 Å². The van der Waals surface area contributed by atoms with Crippen molar-refractivity contribution in [3.05, 3.63) is 29.6 Å². The van der Waals surface area contributed by atoms with Crippen LogP contribution in [0.3, 0.4) is 0 Å². The second kappa shape index (κ2) is 4.48. The molecule has 3 rings (SSSR count). The standard InChI is InChI=1S/C16H22FNO/c1-10-5-6-16(8-11(10)2)9-14(18)13-4-3-12(17)7-15(13)19-16/h3-4,7,10-11,14H,5-6,8-9,18H2,1-2H3/t10?,11?,14-,16?/m1/s1.